The SMILES string of the molecule is CN(C(=O)[C@H]1COc2ccccc2O1)[C@H]1CCCNC1. The highest BCUT2D eigenvalue weighted by molar-refractivity contribution is 5.82. The van der Waals surface area contributed by atoms with Crippen LogP contribution in [0.3, 0.4) is 0 Å². The van der Waals surface area contributed by atoms with Gasteiger partial charge in [-0.05, 0) is 31.5 Å². The van der Waals surface area contributed by atoms with Gasteiger partial charge in [0.05, 0.1) is 0 Å². The number of para-hydroxylation sites is 2. The summed E-state index contributed by atoms with van der Waals surface area (Å²) < 4.78 is 11.4. The lowest BCUT2D eigenvalue weighted by atomic mass is 10.1. The average molecular weight is 276 g/mol. The Hall–Kier alpha value is -1.75. The summed E-state index contributed by atoms with van der Waals surface area (Å²) in [5.74, 6) is 1.35. The van der Waals surface area contributed by atoms with E-state index < -0.39 is 6.10 Å². The number of likely N-dealkylation sites (N-methyl/N-ethyl adjacent to an activating group) is 1. The molecule has 1 N–H and O–H groups in total. The summed E-state index contributed by atoms with van der Waals surface area (Å²) in [4.78, 5) is 14.3. The topological polar surface area (TPSA) is 50.8 Å². The van der Waals surface area contributed by atoms with E-state index in [9.17, 15) is 4.79 Å². The molecule has 108 valence electrons. The summed E-state index contributed by atoms with van der Waals surface area (Å²) in [6.07, 6.45) is 1.60. The zero-order chi connectivity index (χ0) is 13.9. The number of ether oxygens (including phenoxy) is 2. The second kappa shape index (κ2) is 5.71. The largest absolute Gasteiger partial charge is 0.485 e. The molecular weight excluding hydrogens is 256 g/mol. The number of nitrogens with zero attached hydrogens (tertiary/aromatic N) is 1. The predicted octanol–water partition coefficient (Wildman–Crippen LogP) is 1.04. The average Bonchev–Trinajstić information content (AvgIpc) is 2.54. The van der Waals surface area contributed by atoms with Crippen LogP contribution in [-0.2, 0) is 4.79 Å². The van der Waals surface area contributed by atoms with Gasteiger partial charge in [0.1, 0.15) is 6.61 Å². The molecule has 1 amide bonds. The van der Waals surface area contributed by atoms with E-state index in [1.165, 1.54) is 0 Å². The van der Waals surface area contributed by atoms with E-state index >= 15 is 0 Å². The van der Waals surface area contributed by atoms with Crippen LogP contribution in [0.1, 0.15) is 12.8 Å². The number of fused-ring (bicyclic) bond motifs is 1. The zero-order valence-electron chi connectivity index (χ0n) is 11.7. The molecule has 0 saturated carbocycles. The molecule has 20 heavy (non-hydrogen) atoms. The van der Waals surface area contributed by atoms with Crippen LogP contribution in [0.25, 0.3) is 0 Å². The zero-order valence-corrected chi connectivity index (χ0v) is 11.7. The standard InChI is InChI=1S/C15H20N2O3/c1-17(11-5-4-8-16-9-11)15(18)14-10-19-12-6-2-3-7-13(12)20-14/h2-3,6-7,11,14,16H,4-5,8-10H2,1H3/t11-,14+/m0/s1. The van der Waals surface area contributed by atoms with Crippen molar-refractivity contribution in [2.45, 2.75) is 25.0 Å². The van der Waals surface area contributed by atoms with Crippen LogP contribution in [0.2, 0.25) is 0 Å². The predicted molar refractivity (Wildman–Crippen MR) is 75.0 cm³/mol. The van der Waals surface area contributed by atoms with Gasteiger partial charge < -0.3 is 19.7 Å². The highest BCUT2D eigenvalue weighted by atomic mass is 16.6. The minimum Gasteiger partial charge on any atom is -0.485 e. The van der Waals surface area contributed by atoms with Crippen molar-refractivity contribution < 1.29 is 14.3 Å². The van der Waals surface area contributed by atoms with Gasteiger partial charge in [-0.25, -0.2) is 0 Å². The first-order valence-corrected chi connectivity index (χ1v) is 7.11. The highest BCUT2D eigenvalue weighted by Crippen LogP contribution is 2.31. The summed E-state index contributed by atoms with van der Waals surface area (Å²) in [7, 11) is 1.85. The van der Waals surface area contributed by atoms with Gasteiger partial charge in [-0.15, -0.1) is 0 Å². The fourth-order valence-corrected chi connectivity index (χ4v) is 2.71. The van der Waals surface area contributed by atoms with Crippen molar-refractivity contribution in [3.63, 3.8) is 0 Å². The van der Waals surface area contributed by atoms with E-state index in [1.807, 2.05) is 31.3 Å². The van der Waals surface area contributed by atoms with E-state index in [2.05, 4.69) is 5.32 Å². The van der Waals surface area contributed by atoms with Crippen molar-refractivity contribution in [1.29, 1.82) is 0 Å². The first kappa shape index (κ1) is 13.2. The summed E-state index contributed by atoms with van der Waals surface area (Å²) in [6.45, 7) is 2.17. The van der Waals surface area contributed by atoms with Crippen molar-refractivity contribution in [3.8, 4) is 11.5 Å². The fraction of sp³-hybridized carbons (Fsp3) is 0.533. The molecule has 0 radical (unpaired) electrons. The number of nitrogens with one attached hydrogen (secondary N) is 1. The van der Waals surface area contributed by atoms with E-state index in [4.69, 9.17) is 9.47 Å². The van der Waals surface area contributed by atoms with Crippen molar-refractivity contribution in [1.82, 2.24) is 10.2 Å². The number of carbonyl (C=O) groups excluding carboxylic acids is 1. The molecule has 0 aromatic heterocycles. The molecular formula is C15H20N2O3. The van der Waals surface area contributed by atoms with Crippen LogP contribution >= 0.6 is 0 Å². The Morgan fingerprint density at radius 2 is 2.15 bits per heavy atom. The number of amides is 1. The van der Waals surface area contributed by atoms with Crippen LogP contribution in [-0.4, -0.2) is 49.7 Å². The Morgan fingerprint density at radius 3 is 2.90 bits per heavy atom. The third kappa shape index (κ3) is 2.58. The molecule has 2 aliphatic rings. The van der Waals surface area contributed by atoms with Crippen molar-refractivity contribution in [3.05, 3.63) is 24.3 Å². The summed E-state index contributed by atoms with van der Waals surface area (Å²) in [5.41, 5.74) is 0. The van der Waals surface area contributed by atoms with Crippen LogP contribution < -0.4 is 14.8 Å². The third-order valence-electron chi connectivity index (χ3n) is 3.95. The molecule has 1 aromatic rings. The third-order valence-corrected chi connectivity index (χ3v) is 3.95. The first-order chi connectivity index (χ1) is 9.75. The van der Waals surface area contributed by atoms with Crippen molar-refractivity contribution in [2.24, 2.45) is 0 Å². The van der Waals surface area contributed by atoms with Gasteiger partial charge in [0.25, 0.3) is 5.91 Å². The Labute approximate surface area is 118 Å². The maximum absolute atomic E-state index is 12.5. The van der Waals surface area contributed by atoms with Gasteiger partial charge in [-0.2, -0.15) is 0 Å². The molecule has 0 unspecified atom stereocenters. The van der Waals surface area contributed by atoms with Crippen molar-refractivity contribution in [2.75, 3.05) is 26.7 Å². The van der Waals surface area contributed by atoms with Gasteiger partial charge in [-0.1, -0.05) is 12.1 Å². The molecule has 2 heterocycles. The summed E-state index contributed by atoms with van der Waals surface area (Å²) in [5, 5.41) is 3.32. The number of carbonyl (C=O) groups is 1. The molecule has 0 spiro atoms. The second-order valence-corrected chi connectivity index (χ2v) is 5.31. The molecule has 5 heteroatoms. The maximum atomic E-state index is 12.5. The molecule has 2 atom stereocenters. The molecule has 2 aliphatic heterocycles. The van der Waals surface area contributed by atoms with Crippen LogP contribution in [0.4, 0.5) is 0 Å². The number of benzene rings is 1. The van der Waals surface area contributed by atoms with Gasteiger partial charge in [0.15, 0.2) is 11.5 Å². The van der Waals surface area contributed by atoms with E-state index in [1.54, 1.807) is 4.90 Å². The Balaban J connectivity index is 1.66. The van der Waals surface area contributed by atoms with Gasteiger partial charge >= 0.3 is 0 Å². The van der Waals surface area contributed by atoms with E-state index in [0.717, 1.165) is 25.9 Å². The smallest absolute Gasteiger partial charge is 0.267 e. The second-order valence-electron chi connectivity index (χ2n) is 5.31. The molecule has 0 bridgehead atoms. The Bertz CT molecular complexity index is 486. The number of piperidine rings is 1. The minimum absolute atomic E-state index is 0.00629. The van der Waals surface area contributed by atoms with E-state index in [0.29, 0.717) is 11.5 Å². The monoisotopic (exact) mass is 276 g/mol. The highest BCUT2D eigenvalue weighted by Gasteiger charge is 2.32. The van der Waals surface area contributed by atoms with Gasteiger partial charge in [0.2, 0.25) is 6.10 Å². The van der Waals surface area contributed by atoms with Crippen LogP contribution in [0.15, 0.2) is 24.3 Å². The fourth-order valence-electron chi connectivity index (χ4n) is 2.71. The lowest BCUT2D eigenvalue weighted by molar-refractivity contribution is -0.142. The molecule has 5 nitrogen and oxygen atoms in total. The molecule has 1 aromatic carbocycles. The quantitative estimate of drug-likeness (QED) is 0.877. The lowest BCUT2D eigenvalue weighted by Gasteiger charge is -2.35. The number of hydrogen-bond donors (Lipinski definition) is 1. The van der Waals surface area contributed by atoms with Crippen molar-refractivity contribution >= 4 is 5.91 Å². The van der Waals surface area contributed by atoms with Crippen LogP contribution in [0.5, 0.6) is 11.5 Å². The summed E-state index contributed by atoms with van der Waals surface area (Å²) >= 11 is 0. The molecule has 1 fully saturated rings. The number of hydrogen-bond acceptors (Lipinski definition) is 4. The molecule has 3 rings (SSSR count). The Morgan fingerprint density at radius 1 is 1.35 bits per heavy atom. The minimum atomic E-state index is -0.545. The lowest BCUT2D eigenvalue weighted by Crippen LogP contribution is -2.52. The van der Waals surface area contributed by atoms with Gasteiger partial charge in [-0.3, -0.25) is 4.79 Å². The van der Waals surface area contributed by atoms with E-state index in [-0.39, 0.29) is 18.6 Å². The van der Waals surface area contributed by atoms with Gasteiger partial charge in [0, 0.05) is 19.6 Å². The van der Waals surface area contributed by atoms with Crippen LogP contribution in [0, 0.1) is 0 Å². The first-order valence-electron chi connectivity index (χ1n) is 7.11. The summed E-state index contributed by atoms with van der Waals surface area (Å²) in [6, 6.07) is 7.70. The Kier molecular flexibility index (Phi) is 3.78. The normalized spacial score (nSPS) is 25.1. The molecule has 1 saturated heterocycles. The maximum Gasteiger partial charge on any atom is 0.267 e. The number of rotatable bonds is 2. The molecule has 0 aliphatic carbocycles.